The maximum absolute atomic E-state index is 11.7. The first kappa shape index (κ1) is 15.0. The topological polar surface area (TPSA) is 113 Å². The van der Waals surface area contributed by atoms with Crippen molar-refractivity contribution in [1.82, 2.24) is 5.32 Å². The number of phenols is 1. The zero-order chi connectivity index (χ0) is 14.4. The van der Waals surface area contributed by atoms with E-state index in [1.165, 1.54) is 12.1 Å². The molecule has 1 aromatic carbocycles. The van der Waals surface area contributed by atoms with E-state index >= 15 is 0 Å². The Morgan fingerprint density at radius 2 is 1.89 bits per heavy atom. The Hall–Kier alpha value is -2.08. The molecule has 0 aliphatic heterocycles. The molecule has 1 rings (SSSR count). The molecule has 0 aliphatic rings. The minimum Gasteiger partial charge on any atom is -0.508 e. The number of hydrogen-bond donors (Lipinski definition) is 4. The van der Waals surface area contributed by atoms with Crippen molar-refractivity contribution in [3.05, 3.63) is 29.8 Å². The highest BCUT2D eigenvalue weighted by Gasteiger charge is 2.17. The molecule has 2 atom stereocenters. The van der Waals surface area contributed by atoms with Gasteiger partial charge in [0.05, 0.1) is 12.5 Å². The van der Waals surface area contributed by atoms with Crippen molar-refractivity contribution < 1.29 is 19.8 Å². The summed E-state index contributed by atoms with van der Waals surface area (Å²) in [7, 11) is 0. The van der Waals surface area contributed by atoms with Gasteiger partial charge in [-0.15, -0.1) is 0 Å². The molecule has 104 valence electrons. The molecule has 0 spiro atoms. The van der Waals surface area contributed by atoms with E-state index in [4.69, 9.17) is 15.9 Å². The summed E-state index contributed by atoms with van der Waals surface area (Å²) in [5.74, 6) is -1.21. The van der Waals surface area contributed by atoms with Crippen LogP contribution in [-0.4, -0.2) is 34.2 Å². The van der Waals surface area contributed by atoms with E-state index in [-0.39, 0.29) is 18.1 Å². The van der Waals surface area contributed by atoms with Gasteiger partial charge in [0.2, 0.25) is 5.91 Å². The van der Waals surface area contributed by atoms with Crippen molar-refractivity contribution >= 4 is 11.9 Å². The molecule has 19 heavy (non-hydrogen) atoms. The van der Waals surface area contributed by atoms with Gasteiger partial charge in [-0.25, -0.2) is 0 Å². The van der Waals surface area contributed by atoms with E-state index in [1.54, 1.807) is 19.1 Å². The van der Waals surface area contributed by atoms with Gasteiger partial charge in [-0.2, -0.15) is 0 Å². The van der Waals surface area contributed by atoms with Crippen molar-refractivity contribution in [2.24, 2.45) is 5.73 Å². The summed E-state index contributed by atoms with van der Waals surface area (Å²) >= 11 is 0. The molecule has 0 fully saturated rings. The average Bonchev–Trinajstić information content (AvgIpc) is 2.30. The van der Waals surface area contributed by atoms with Crippen LogP contribution in [0.25, 0.3) is 0 Å². The lowest BCUT2D eigenvalue weighted by Crippen LogP contribution is -2.46. The number of phenolic OH excluding ortho intramolecular Hbond substituents is 1. The quantitative estimate of drug-likeness (QED) is 0.589. The normalized spacial score (nSPS) is 13.6. The number of benzene rings is 1. The Labute approximate surface area is 111 Å². The van der Waals surface area contributed by atoms with Crippen LogP contribution < -0.4 is 11.1 Å². The number of carboxylic acid groups (broad SMARTS) is 1. The second kappa shape index (κ2) is 6.75. The minimum atomic E-state index is -0.972. The minimum absolute atomic E-state index is 0.141. The van der Waals surface area contributed by atoms with Gasteiger partial charge in [-0.3, -0.25) is 9.59 Å². The Bertz CT molecular complexity index is 444. The van der Waals surface area contributed by atoms with Crippen LogP contribution >= 0.6 is 0 Å². The third-order valence-corrected chi connectivity index (χ3v) is 2.60. The molecular formula is C13H18N2O4. The third kappa shape index (κ3) is 5.39. The average molecular weight is 266 g/mol. The predicted octanol–water partition coefficient (Wildman–Crippen LogP) is 0.241. The number of nitrogens with one attached hydrogen (secondary N) is 1. The van der Waals surface area contributed by atoms with Gasteiger partial charge in [-0.05, 0) is 31.0 Å². The van der Waals surface area contributed by atoms with E-state index in [9.17, 15) is 9.59 Å². The lowest BCUT2D eigenvalue weighted by molar-refractivity contribution is -0.137. The van der Waals surface area contributed by atoms with Crippen molar-refractivity contribution in [3.63, 3.8) is 0 Å². The lowest BCUT2D eigenvalue weighted by Gasteiger charge is -2.16. The number of aromatic hydroxyl groups is 1. The standard InChI is InChI=1S/C13H18N2O4/c1-8(6-12(17)18)15-13(19)11(14)7-9-2-4-10(16)5-3-9/h2-5,8,11,16H,6-7,14H2,1H3,(H,15,19)(H,17,18). The summed E-state index contributed by atoms with van der Waals surface area (Å²) in [6.07, 6.45) is 0.184. The number of nitrogens with two attached hydrogens (primary N) is 1. The highest BCUT2D eigenvalue weighted by atomic mass is 16.4. The summed E-state index contributed by atoms with van der Waals surface area (Å²) in [6.45, 7) is 1.61. The van der Waals surface area contributed by atoms with Gasteiger partial charge in [0.25, 0.3) is 0 Å². The van der Waals surface area contributed by atoms with Gasteiger partial charge in [0.15, 0.2) is 0 Å². The van der Waals surface area contributed by atoms with Crippen LogP contribution in [0.1, 0.15) is 18.9 Å². The molecule has 5 N–H and O–H groups in total. The number of carbonyl (C=O) groups excluding carboxylic acids is 1. The number of rotatable bonds is 6. The van der Waals surface area contributed by atoms with E-state index < -0.39 is 18.1 Å². The molecule has 0 aliphatic carbocycles. The van der Waals surface area contributed by atoms with Crippen LogP contribution in [0, 0.1) is 0 Å². The van der Waals surface area contributed by atoms with Crippen LogP contribution in [0.5, 0.6) is 5.75 Å². The highest BCUT2D eigenvalue weighted by Crippen LogP contribution is 2.10. The van der Waals surface area contributed by atoms with Crippen molar-refractivity contribution in [1.29, 1.82) is 0 Å². The van der Waals surface area contributed by atoms with Crippen LogP contribution in [-0.2, 0) is 16.0 Å². The first-order valence-electron chi connectivity index (χ1n) is 5.94. The molecule has 1 aromatic rings. The Kier molecular flexibility index (Phi) is 5.32. The summed E-state index contributed by atoms with van der Waals surface area (Å²) < 4.78 is 0. The smallest absolute Gasteiger partial charge is 0.305 e. The second-order valence-corrected chi connectivity index (χ2v) is 4.48. The van der Waals surface area contributed by atoms with Crippen LogP contribution in [0.3, 0.4) is 0 Å². The van der Waals surface area contributed by atoms with Crippen molar-refractivity contribution in [2.75, 3.05) is 0 Å². The Morgan fingerprint density at radius 3 is 2.42 bits per heavy atom. The molecule has 0 bridgehead atoms. The molecule has 0 radical (unpaired) electrons. The largest absolute Gasteiger partial charge is 0.508 e. The summed E-state index contributed by atoms with van der Waals surface area (Å²) in [5.41, 5.74) is 6.57. The van der Waals surface area contributed by atoms with Gasteiger partial charge >= 0.3 is 5.97 Å². The number of aliphatic carboxylic acids is 1. The van der Waals surface area contributed by atoms with Gasteiger partial charge in [0.1, 0.15) is 5.75 Å². The first-order valence-corrected chi connectivity index (χ1v) is 5.94. The van der Waals surface area contributed by atoms with Crippen LogP contribution in [0.4, 0.5) is 0 Å². The van der Waals surface area contributed by atoms with E-state index in [2.05, 4.69) is 5.32 Å². The molecule has 0 saturated carbocycles. The monoisotopic (exact) mass is 266 g/mol. The van der Waals surface area contributed by atoms with Gasteiger partial charge in [0, 0.05) is 6.04 Å². The lowest BCUT2D eigenvalue weighted by atomic mass is 10.1. The number of amides is 1. The Morgan fingerprint density at radius 1 is 1.32 bits per heavy atom. The predicted molar refractivity (Wildman–Crippen MR) is 69.6 cm³/mol. The number of hydrogen-bond acceptors (Lipinski definition) is 4. The van der Waals surface area contributed by atoms with E-state index in [0.29, 0.717) is 6.42 Å². The first-order chi connectivity index (χ1) is 8.88. The van der Waals surface area contributed by atoms with Gasteiger partial charge < -0.3 is 21.3 Å². The fraction of sp³-hybridized carbons (Fsp3) is 0.385. The Balaban J connectivity index is 2.48. The summed E-state index contributed by atoms with van der Waals surface area (Å²) in [5, 5.41) is 20.3. The molecule has 0 aromatic heterocycles. The van der Waals surface area contributed by atoms with Crippen molar-refractivity contribution in [2.45, 2.75) is 31.8 Å². The molecule has 0 heterocycles. The fourth-order valence-electron chi connectivity index (χ4n) is 1.64. The van der Waals surface area contributed by atoms with E-state index in [0.717, 1.165) is 5.56 Å². The molecule has 0 saturated heterocycles. The molecular weight excluding hydrogens is 248 g/mol. The maximum Gasteiger partial charge on any atom is 0.305 e. The zero-order valence-corrected chi connectivity index (χ0v) is 10.7. The number of carboxylic acids is 1. The number of carbonyl (C=O) groups is 2. The van der Waals surface area contributed by atoms with Crippen LogP contribution in [0.2, 0.25) is 0 Å². The highest BCUT2D eigenvalue weighted by molar-refractivity contribution is 5.82. The van der Waals surface area contributed by atoms with Crippen LogP contribution in [0.15, 0.2) is 24.3 Å². The SMILES string of the molecule is CC(CC(=O)O)NC(=O)C(N)Cc1ccc(O)cc1. The maximum atomic E-state index is 11.7. The summed E-state index contributed by atoms with van der Waals surface area (Å²) in [6, 6.07) is 5.20. The molecule has 1 amide bonds. The van der Waals surface area contributed by atoms with E-state index in [1.807, 2.05) is 0 Å². The van der Waals surface area contributed by atoms with Crippen molar-refractivity contribution in [3.8, 4) is 5.75 Å². The second-order valence-electron chi connectivity index (χ2n) is 4.48. The third-order valence-electron chi connectivity index (χ3n) is 2.60. The fourth-order valence-corrected chi connectivity index (χ4v) is 1.64. The molecule has 6 nitrogen and oxygen atoms in total. The summed E-state index contributed by atoms with van der Waals surface area (Å²) in [4.78, 5) is 22.2. The molecule has 6 heteroatoms. The van der Waals surface area contributed by atoms with Gasteiger partial charge in [-0.1, -0.05) is 12.1 Å². The molecule has 2 unspecified atom stereocenters. The zero-order valence-electron chi connectivity index (χ0n) is 10.7.